The molecule has 1 aliphatic carbocycles. The van der Waals surface area contributed by atoms with Crippen LogP contribution in [0.3, 0.4) is 0 Å². The fourth-order valence-electron chi connectivity index (χ4n) is 3.39. The van der Waals surface area contributed by atoms with Gasteiger partial charge in [-0.15, -0.1) is 0 Å². The fourth-order valence-corrected chi connectivity index (χ4v) is 3.39. The molecule has 0 radical (unpaired) electrons. The molecule has 0 spiro atoms. The highest BCUT2D eigenvalue weighted by Crippen LogP contribution is 2.36. The minimum Gasteiger partial charge on any atom is -0.380 e. The van der Waals surface area contributed by atoms with Gasteiger partial charge in [-0.3, -0.25) is 4.79 Å². The Morgan fingerprint density at radius 3 is 2.31 bits per heavy atom. The van der Waals surface area contributed by atoms with E-state index in [4.69, 9.17) is 0 Å². The van der Waals surface area contributed by atoms with Gasteiger partial charge in [0.05, 0.1) is 0 Å². The summed E-state index contributed by atoms with van der Waals surface area (Å²) in [7, 11) is 4.10. The van der Waals surface area contributed by atoms with Crippen molar-refractivity contribution in [1.29, 1.82) is 0 Å². The van der Waals surface area contributed by atoms with Crippen LogP contribution in [0.25, 0.3) is 0 Å². The Bertz CT molecular complexity index is 867. The van der Waals surface area contributed by atoms with Gasteiger partial charge in [-0.05, 0) is 28.7 Å². The topological polar surface area (TPSA) is 20.3 Å². The van der Waals surface area contributed by atoms with Crippen molar-refractivity contribution in [3.8, 4) is 0 Å². The van der Waals surface area contributed by atoms with Crippen molar-refractivity contribution in [1.82, 2.24) is 4.90 Å². The molecule has 0 heterocycles. The number of hydrogen-bond donors (Lipinski definition) is 0. The molecule has 1 atom stereocenters. The zero-order valence-corrected chi connectivity index (χ0v) is 16.3. The molecule has 134 valence electrons. The van der Waals surface area contributed by atoms with Gasteiger partial charge in [-0.2, -0.15) is 0 Å². The summed E-state index contributed by atoms with van der Waals surface area (Å²) >= 11 is 0. The monoisotopic (exact) mass is 345 g/mol. The Kier molecular flexibility index (Phi) is 4.86. The molecule has 0 fully saturated rings. The zero-order chi connectivity index (χ0) is 18.9. The van der Waals surface area contributed by atoms with Crippen molar-refractivity contribution in [3.63, 3.8) is 0 Å². The van der Waals surface area contributed by atoms with Gasteiger partial charge in [-0.25, -0.2) is 0 Å². The van der Waals surface area contributed by atoms with Crippen LogP contribution in [0.15, 0.2) is 72.5 Å². The molecule has 1 aliphatic rings. The Hall–Kier alpha value is -2.61. The van der Waals surface area contributed by atoms with E-state index >= 15 is 0 Å². The summed E-state index contributed by atoms with van der Waals surface area (Å²) in [6.07, 6.45) is 6.37. The van der Waals surface area contributed by atoms with Crippen LogP contribution in [-0.2, 0) is 5.41 Å². The molecule has 26 heavy (non-hydrogen) atoms. The first-order valence-corrected chi connectivity index (χ1v) is 9.09. The smallest absolute Gasteiger partial charge is 0.193 e. The molecule has 0 amide bonds. The van der Waals surface area contributed by atoms with Gasteiger partial charge in [0, 0.05) is 36.8 Å². The van der Waals surface area contributed by atoms with E-state index in [9.17, 15) is 4.79 Å². The van der Waals surface area contributed by atoms with E-state index < -0.39 is 0 Å². The largest absolute Gasteiger partial charge is 0.380 e. The minimum atomic E-state index is -0.00399. The molecule has 0 aliphatic heterocycles. The van der Waals surface area contributed by atoms with E-state index in [-0.39, 0.29) is 17.1 Å². The molecule has 1 unspecified atom stereocenters. The molecule has 2 aromatic carbocycles. The highest BCUT2D eigenvalue weighted by molar-refractivity contribution is 6.10. The number of carbonyl (C=O) groups is 1. The molecule has 3 rings (SSSR count). The number of likely N-dealkylation sites (N-methyl/N-ethyl adjacent to an activating group) is 1. The minimum absolute atomic E-state index is 0.00399. The second kappa shape index (κ2) is 6.95. The van der Waals surface area contributed by atoms with Crippen molar-refractivity contribution >= 4 is 5.78 Å². The van der Waals surface area contributed by atoms with E-state index in [1.807, 2.05) is 44.4 Å². The van der Waals surface area contributed by atoms with E-state index in [0.717, 1.165) is 16.7 Å². The van der Waals surface area contributed by atoms with Crippen LogP contribution >= 0.6 is 0 Å². The third-order valence-corrected chi connectivity index (χ3v) is 4.94. The highest BCUT2D eigenvalue weighted by Gasteiger charge is 2.26. The number of carbonyl (C=O) groups excluding carboxylic acids is 1. The predicted octanol–water partition coefficient (Wildman–Crippen LogP) is 5.31. The highest BCUT2D eigenvalue weighted by atomic mass is 16.1. The van der Waals surface area contributed by atoms with Gasteiger partial charge in [0.15, 0.2) is 5.78 Å². The molecule has 2 aromatic rings. The third kappa shape index (κ3) is 3.50. The summed E-state index contributed by atoms with van der Waals surface area (Å²) in [5.74, 6) is 0.201. The maximum atomic E-state index is 13.3. The Morgan fingerprint density at radius 1 is 1.00 bits per heavy atom. The average molecular weight is 345 g/mol. The molecule has 0 N–H and O–H groups in total. The maximum absolute atomic E-state index is 13.3. The van der Waals surface area contributed by atoms with Crippen LogP contribution in [0.5, 0.6) is 0 Å². The quantitative estimate of drug-likeness (QED) is 0.700. The summed E-state index contributed by atoms with van der Waals surface area (Å²) in [6, 6.07) is 15.9. The van der Waals surface area contributed by atoms with Crippen molar-refractivity contribution in [2.24, 2.45) is 0 Å². The van der Waals surface area contributed by atoms with Crippen LogP contribution in [0.2, 0.25) is 0 Å². The third-order valence-electron chi connectivity index (χ3n) is 4.94. The van der Waals surface area contributed by atoms with Crippen LogP contribution in [-0.4, -0.2) is 24.8 Å². The number of nitrogens with zero attached hydrogens (tertiary/aromatic N) is 1. The maximum Gasteiger partial charge on any atom is 0.193 e. The second-order valence-corrected chi connectivity index (χ2v) is 8.10. The van der Waals surface area contributed by atoms with Crippen molar-refractivity contribution in [2.45, 2.75) is 32.1 Å². The van der Waals surface area contributed by atoms with Crippen LogP contribution < -0.4 is 0 Å². The fraction of sp³-hybridized carbons (Fsp3) is 0.292. The Labute approximate surface area is 156 Å². The van der Waals surface area contributed by atoms with Gasteiger partial charge in [0.2, 0.25) is 0 Å². The average Bonchev–Trinajstić information content (AvgIpc) is 3.10. The molecule has 0 aromatic heterocycles. The van der Waals surface area contributed by atoms with Crippen LogP contribution in [0.1, 0.15) is 53.7 Å². The number of allylic oxidation sites excluding steroid dienone is 3. The lowest BCUT2D eigenvalue weighted by Gasteiger charge is -2.26. The van der Waals surface area contributed by atoms with Gasteiger partial charge in [0.25, 0.3) is 0 Å². The van der Waals surface area contributed by atoms with Crippen LogP contribution in [0, 0.1) is 0 Å². The van der Waals surface area contributed by atoms with Gasteiger partial charge in [-0.1, -0.05) is 75.4 Å². The Morgan fingerprint density at radius 2 is 1.69 bits per heavy atom. The molecule has 0 saturated heterocycles. The predicted molar refractivity (Wildman–Crippen MR) is 109 cm³/mol. The lowest BCUT2D eigenvalue weighted by Crippen LogP contribution is -2.19. The molecule has 2 heteroatoms. The zero-order valence-electron chi connectivity index (χ0n) is 16.3. The van der Waals surface area contributed by atoms with Gasteiger partial charge < -0.3 is 4.90 Å². The molecule has 2 nitrogen and oxygen atoms in total. The van der Waals surface area contributed by atoms with Crippen molar-refractivity contribution in [2.75, 3.05) is 14.1 Å². The first kappa shape index (κ1) is 18.2. The molecular formula is C24H27NO. The lowest BCUT2D eigenvalue weighted by molar-refractivity contribution is 0.103. The number of benzene rings is 2. The normalized spacial score (nSPS) is 16.5. The van der Waals surface area contributed by atoms with Crippen LogP contribution in [0.4, 0.5) is 0 Å². The molecular weight excluding hydrogens is 318 g/mol. The first-order chi connectivity index (χ1) is 12.3. The number of ketones is 1. The molecule has 0 bridgehead atoms. The van der Waals surface area contributed by atoms with Gasteiger partial charge in [0.1, 0.15) is 0 Å². The van der Waals surface area contributed by atoms with Crippen molar-refractivity contribution in [3.05, 3.63) is 94.7 Å². The summed E-state index contributed by atoms with van der Waals surface area (Å²) in [5.41, 5.74) is 4.98. The van der Waals surface area contributed by atoms with Gasteiger partial charge >= 0.3 is 0 Å². The summed E-state index contributed by atoms with van der Waals surface area (Å²) in [6.45, 7) is 6.54. The van der Waals surface area contributed by atoms with E-state index in [0.29, 0.717) is 0 Å². The van der Waals surface area contributed by atoms with E-state index in [1.54, 1.807) is 0 Å². The summed E-state index contributed by atoms with van der Waals surface area (Å²) in [5, 5.41) is 0. The summed E-state index contributed by atoms with van der Waals surface area (Å²) < 4.78 is 0. The lowest BCUT2D eigenvalue weighted by atomic mass is 9.81. The van der Waals surface area contributed by atoms with E-state index in [2.05, 4.69) is 62.1 Å². The SMILES string of the molecule is CN(C)C1=CC=CC1c1ccc(C(C)(C)C)cc1C(=O)c1ccccc1. The first-order valence-electron chi connectivity index (χ1n) is 9.09. The Balaban J connectivity index is 2.14. The molecule has 0 saturated carbocycles. The second-order valence-electron chi connectivity index (χ2n) is 8.10. The summed E-state index contributed by atoms with van der Waals surface area (Å²) in [4.78, 5) is 15.4. The number of rotatable bonds is 4. The van der Waals surface area contributed by atoms with E-state index in [1.165, 1.54) is 11.3 Å². The standard InChI is InChI=1S/C24H27NO/c1-24(2,3)18-14-15-19(20-12-9-13-22(20)25(4)5)21(16-18)23(26)17-10-7-6-8-11-17/h6-16,20H,1-5H3. The van der Waals surface area contributed by atoms with Crippen molar-refractivity contribution < 1.29 is 4.79 Å². The number of hydrogen-bond acceptors (Lipinski definition) is 2.